The molecule has 0 saturated carbocycles. The number of carboxylic acids is 2. The van der Waals surface area contributed by atoms with Gasteiger partial charge in [-0.1, -0.05) is 51.4 Å². The van der Waals surface area contributed by atoms with E-state index in [1.807, 2.05) is 0 Å². The highest BCUT2D eigenvalue weighted by Gasteiger charge is 2.15. The average Bonchev–Trinajstić information content (AvgIpc) is 3.41. The Kier molecular flexibility index (Phi) is 9.18. The minimum absolute atomic E-state index is 0.00810. The molecule has 198 valence electrons. The molecule has 8 heteroatoms. The van der Waals surface area contributed by atoms with E-state index in [0.717, 1.165) is 16.9 Å². The van der Waals surface area contributed by atoms with Crippen LogP contribution in [0.15, 0.2) is 60.2 Å². The highest BCUT2D eigenvalue weighted by molar-refractivity contribution is 7.10. The minimum Gasteiger partial charge on any atom is -0.478 e. The number of carboxylic acid groups (broad SMARTS) is 2. The van der Waals surface area contributed by atoms with E-state index >= 15 is 0 Å². The van der Waals surface area contributed by atoms with E-state index in [4.69, 9.17) is 0 Å². The third-order valence-electron chi connectivity index (χ3n) is 6.42. The molecular formula is C31H29N3O4S. The number of hydrogen-bond donors (Lipinski definition) is 2. The number of unbranched alkanes of at least 4 members (excludes halogenated alkanes) is 1. The molecule has 4 aromatic rings. The molecule has 1 unspecified atom stereocenters. The Morgan fingerprint density at radius 3 is 2.21 bits per heavy atom. The summed E-state index contributed by atoms with van der Waals surface area (Å²) in [6.45, 7) is 4.48. The summed E-state index contributed by atoms with van der Waals surface area (Å²) in [5.74, 6) is 4.87. The van der Waals surface area contributed by atoms with Crippen LogP contribution in [0.5, 0.6) is 0 Å². The summed E-state index contributed by atoms with van der Waals surface area (Å²) < 4.78 is 0. The van der Waals surface area contributed by atoms with Crippen LogP contribution in [0.1, 0.15) is 76.3 Å². The number of thiophene rings is 1. The number of pyridine rings is 3. The van der Waals surface area contributed by atoms with Crippen LogP contribution in [0.4, 0.5) is 0 Å². The number of aromatic carboxylic acids is 2. The van der Waals surface area contributed by atoms with E-state index in [0.29, 0.717) is 17.3 Å². The molecule has 0 aliphatic rings. The van der Waals surface area contributed by atoms with Crippen molar-refractivity contribution >= 4 is 23.3 Å². The molecule has 0 fully saturated rings. The van der Waals surface area contributed by atoms with Crippen LogP contribution in [0, 0.1) is 17.8 Å². The lowest BCUT2D eigenvalue weighted by atomic mass is 9.93. The van der Waals surface area contributed by atoms with Crippen LogP contribution in [-0.2, 0) is 6.42 Å². The second-order valence-corrected chi connectivity index (χ2v) is 10.2. The zero-order valence-corrected chi connectivity index (χ0v) is 22.7. The first kappa shape index (κ1) is 27.7. The van der Waals surface area contributed by atoms with Gasteiger partial charge in [0.1, 0.15) is 0 Å². The molecule has 1 atom stereocenters. The van der Waals surface area contributed by atoms with Crippen molar-refractivity contribution in [1.29, 1.82) is 0 Å². The molecule has 39 heavy (non-hydrogen) atoms. The zero-order valence-electron chi connectivity index (χ0n) is 21.8. The van der Waals surface area contributed by atoms with E-state index in [9.17, 15) is 19.8 Å². The largest absolute Gasteiger partial charge is 0.478 e. The SMILES string of the molecule is CCCCC(CC)Cc1csc(C#Cc2ccnc(-c3cc(C(=O)O)cc(-c4cc(C(=O)O)ccn4)n3)c2)c1. The molecule has 0 amide bonds. The second kappa shape index (κ2) is 12.9. The average molecular weight is 540 g/mol. The molecule has 0 spiro atoms. The highest BCUT2D eigenvalue weighted by atomic mass is 32.1. The topological polar surface area (TPSA) is 113 Å². The van der Waals surface area contributed by atoms with Crippen molar-refractivity contribution in [1.82, 2.24) is 15.0 Å². The van der Waals surface area contributed by atoms with Gasteiger partial charge < -0.3 is 10.2 Å². The molecule has 4 heterocycles. The fourth-order valence-electron chi connectivity index (χ4n) is 4.23. The number of carbonyl (C=O) groups is 2. The number of rotatable bonds is 10. The Morgan fingerprint density at radius 1 is 0.872 bits per heavy atom. The zero-order chi connectivity index (χ0) is 27.8. The summed E-state index contributed by atoms with van der Waals surface area (Å²) in [7, 11) is 0. The van der Waals surface area contributed by atoms with Crippen LogP contribution in [0.3, 0.4) is 0 Å². The summed E-state index contributed by atoms with van der Waals surface area (Å²) in [6.07, 6.45) is 8.95. The van der Waals surface area contributed by atoms with E-state index in [1.54, 1.807) is 29.7 Å². The summed E-state index contributed by atoms with van der Waals surface area (Å²) in [4.78, 5) is 37.3. The molecule has 0 saturated heterocycles. The van der Waals surface area contributed by atoms with Crippen LogP contribution < -0.4 is 0 Å². The van der Waals surface area contributed by atoms with Gasteiger partial charge in [0.15, 0.2) is 0 Å². The lowest BCUT2D eigenvalue weighted by Crippen LogP contribution is -2.02. The van der Waals surface area contributed by atoms with Gasteiger partial charge in [-0.15, -0.1) is 11.3 Å². The predicted molar refractivity (Wildman–Crippen MR) is 152 cm³/mol. The second-order valence-electron chi connectivity index (χ2n) is 9.29. The van der Waals surface area contributed by atoms with Crippen LogP contribution in [-0.4, -0.2) is 37.1 Å². The molecule has 4 rings (SSSR count). The summed E-state index contributed by atoms with van der Waals surface area (Å²) >= 11 is 1.64. The smallest absolute Gasteiger partial charge is 0.335 e. The van der Waals surface area contributed by atoms with E-state index in [-0.39, 0.29) is 22.5 Å². The fraction of sp³-hybridized carbons (Fsp3) is 0.258. The number of aromatic nitrogens is 3. The molecule has 7 nitrogen and oxygen atoms in total. The summed E-state index contributed by atoms with van der Waals surface area (Å²) in [6, 6.07) is 11.2. The molecule has 0 bridgehead atoms. The molecule has 0 aromatic carbocycles. The highest BCUT2D eigenvalue weighted by Crippen LogP contribution is 2.25. The van der Waals surface area contributed by atoms with Gasteiger partial charge in [0.05, 0.1) is 38.8 Å². The van der Waals surface area contributed by atoms with Crippen molar-refractivity contribution in [3.8, 4) is 34.6 Å². The predicted octanol–water partition coefficient (Wildman–Crippen LogP) is 6.82. The molecule has 0 aliphatic heterocycles. The maximum absolute atomic E-state index is 11.8. The third kappa shape index (κ3) is 7.37. The van der Waals surface area contributed by atoms with Gasteiger partial charge in [-0.05, 0) is 65.7 Å². The van der Waals surface area contributed by atoms with Crippen LogP contribution in [0.2, 0.25) is 0 Å². The van der Waals surface area contributed by atoms with Crippen LogP contribution >= 0.6 is 11.3 Å². The summed E-state index contributed by atoms with van der Waals surface area (Å²) in [5.41, 5.74) is 3.34. The van der Waals surface area contributed by atoms with Gasteiger partial charge >= 0.3 is 11.9 Å². The lowest BCUT2D eigenvalue weighted by molar-refractivity contribution is 0.0686. The molecule has 0 radical (unpaired) electrons. The van der Waals surface area contributed by atoms with Crippen molar-refractivity contribution in [3.05, 3.63) is 87.4 Å². The molecule has 4 aromatic heterocycles. The number of hydrogen-bond acceptors (Lipinski definition) is 6. The minimum atomic E-state index is -1.14. The van der Waals surface area contributed by atoms with E-state index in [2.05, 4.69) is 52.1 Å². The van der Waals surface area contributed by atoms with Gasteiger partial charge in [0.2, 0.25) is 0 Å². The number of nitrogens with zero attached hydrogens (tertiary/aromatic N) is 3. The summed E-state index contributed by atoms with van der Waals surface area (Å²) in [5, 5.41) is 21.2. The molecular weight excluding hydrogens is 510 g/mol. The maximum atomic E-state index is 11.8. The van der Waals surface area contributed by atoms with Gasteiger partial charge in [-0.2, -0.15) is 0 Å². The normalized spacial score (nSPS) is 11.4. The van der Waals surface area contributed by atoms with E-state index < -0.39 is 11.9 Å². The third-order valence-corrected chi connectivity index (χ3v) is 7.31. The van der Waals surface area contributed by atoms with Crippen molar-refractivity contribution < 1.29 is 19.8 Å². The first-order valence-corrected chi connectivity index (χ1v) is 13.7. The Hall–Kier alpha value is -4.35. The van der Waals surface area contributed by atoms with Gasteiger partial charge in [-0.25, -0.2) is 14.6 Å². The molecule has 0 aliphatic carbocycles. The van der Waals surface area contributed by atoms with Crippen molar-refractivity contribution in [3.63, 3.8) is 0 Å². The first-order valence-electron chi connectivity index (χ1n) is 12.9. The van der Waals surface area contributed by atoms with E-state index in [1.165, 1.54) is 61.7 Å². The fourth-order valence-corrected chi connectivity index (χ4v) is 5.00. The van der Waals surface area contributed by atoms with Crippen molar-refractivity contribution in [2.45, 2.75) is 46.0 Å². The van der Waals surface area contributed by atoms with Gasteiger partial charge in [0.25, 0.3) is 0 Å². The Morgan fingerprint density at radius 2 is 1.54 bits per heavy atom. The maximum Gasteiger partial charge on any atom is 0.335 e. The molecule has 2 N–H and O–H groups in total. The van der Waals surface area contributed by atoms with Crippen LogP contribution in [0.25, 0.3) is 22.8 Å². The van der Waals surface area contributed by atoms with Crippen molar-refractivity contribution in [2.75, 3.05) is 0 Å². The van der Waals surface area contributed by atoms with Gasteiger partial charge in [0, 0.05) is 18.0 Å². The standard InChI is InChI=1S/C31H29N3O4S/c1-3-5-6-20(4-2)13-22-14-25(39-19-22)8-7-21-9-11-32-26(15-21)28-17-24(31(37)38)18-29(34-28)27-16-23(30(35)36)10-12-33-27/h9-12,14-20H,3-6,13H2,1-2H3,(H,35,36)(H,37,38). The lowest BCUT2D eigenvalue weighted by Gasteiger charge is -2.12. The first-order chi connectivity index (χ1) is 18.9. The monoisotopic (exact) mass is 539 g/mol. The quantitative estimate of drug-likeness (QED) is 0.213. The Labute approximate surface area is 231 Å². The Bertz CT molecular complexity index is 1550. The Balaban J connectivity index is 1.60. The van der Waals surface area contributed by atoms with Crippen molar-refractivity contribution in [2.24, 2.45) is 5.92 Å². The van der Waals surface area contributed by atoms with Gasteiger partial charge in [-0.3, -0.25) is 9.97 Å².